The van der Waals surface area contributed by atoms with Crippen LogP contribution in [-0.4, -0.2) is 45.8 Å². The van der Waals surface area contributed by atoms with Gasteiger partial charge in [0.15, 0.2) is 22.9 Å². The fraction of sp³-hybridized carbons (Fsp3) is 0.167. The Morgan fingerprint density at radius 3 is 2.83 bits per heavy atom. The average Bonchev–Trinajstić information content (AvgIpc) is 3.21. The number of benzene rings is 2. The largest absolute Gasteiger partial charge is 1.00 e. The van der Waals surface area contributed by atoms with Gasteiger partial charge in [-0.25, -0.2) is 19.0 Å². The number of fused-ring (bicyclic) bond motifs is 1. The minimum atomic E-state index is -0.601. The van der Waals surface area contributed by atoms with E-state index >= 15 is 4.39 Å². The smallest absolute Gasteiger partial charge is 0.346 e. The zero-order chi connectivity index (χ0) is 25.1. The van der Waals surface area contributed by atoms with E-state index in [4.69, 9.17) is 22.9 Å². The van der Waals surface area contributed by atoms with Crippen molar-refractivity contribution in [2.75, 3.05) is 20.1 Å². The monoisotopic (exact) mass is 592 g/mol. The molecule has 0 aliphatic rings. The van der Waals surface area contributed by atoms with Crippen LogP contribution in [-0.2, 0) is 6.42 Å². The first-order valence-corrected chi connectivity index (χ1v) is 11.7. The minimum Gasteiger partial charge on any atom is -1.00 e. The lowest BCUT2D eigenvalue weighted by atomic mass is 10.1. The molecule has 0 fully saturated rings. The summed E-state index contributed by atoms with van der Waals surface area (Å²) in [5, 5.41) is 5.42. The van der Waals surface area contributed by atoms with Gasteiger partial charge in [-0.2, -0.15) is 9.78 Å². The molecule has 2 aromatic heterocycles. The maximum atomic E-state index is 15.6. The minimum absolute atomic E-state index is 0. The summed E-state index contributed by atoms with van der Waals surface area (Å²) in [7, 11) is 1.66. The zero-order valence-corrected chi connectivity index (χ0v) is 22.1. The molecule has 0 spiro atoms. The summed E-state index contributed by atoms with van der Waals surface area (Å²) in [5.41, 5.74) is 5.25. The van der Waals surface area contributed by atoms with E-state index in [0.29, 0.717) is 44.9 Å². The molecule has 186 valence electrons. The highest BCUT2D eigenvalue weighted by atomic mass is 79.9. The van der Waals surface area contributed by atoms with Crippen LogP contribution in [0.1, 0.15) is 11.3 Å². The van der Waals surface area contributed by atoms with Gasteiger partial charge in [-0.05, 0) is 57.9 Å². The molecule has 0 saturated carbocycles. The topological polar surface area (TPSA) is 92.3 Å². The van der Waals surface area contributed by atoms with Crippen LogP contribution in [0.3, 0.4) is 0 Å². The Bertz CT molecular complexity index is 1470. The summed E-state index contributed by atoms with van der Waals surface area (Å²) < 4.78 is 23.0. The number of ether oxygens (including phenoxy) is 1. The number of hydrogen-bond acceptors (Lipinski definition) is 4. The lowest BCUT2D eigenvalue weighted by Gasteiger charge is -2.14. The number of amides is 1. The van der Waals surface area contributed by atoms with Gasteiger partial charge < -0.3 is 27.8 Å². The maximum absolute atomic E-state index is 15.6. The molecular weight excluding hydrogens is 574 g/mol. The second kappa shape index (κ2) is 11.7. The molecule has 0 saturated heterocycles. The van der Waals surface area contributed by atoms with E-state index in [1.54, 1.807) is 37.5 Å². The summed E-state index contributed by atoms with van der Waals surface area (Å²) >= 11 is 9.39. The van der Waals surface area contributed by atoms with Crippen LogP contribution < -0.4 is 22.9 Å². The Labute approximate surface area is 226 Å². The highest BCUT2D eigenvalue weighted by Crippen LogP contribution is 2.37. The third kappa shape index (κ3) is 5.60. The van der Waals surface area contributed by atoms with Crippen molar-refractivity contribution in [1.82, 2.24) is 19.7 Å². The zero-order valence-electron chi connectivity index (χ0n) is 19.0. The van der Waals surface area contributed by atoms with E-state index < -0.39 is 5.82 Å². The van der Waals surface area contributed by atoms with Crippen LogP contribution in [0, 0.1) is 12.4 Å². The van der Waals surface area contributed by atoms with Crippen molar-refractivity contribution in [2.24, 2.45) is 0 Å². The second-order valence-electron chi connectivity index (χ2n) is 7.68. The molecule has 0 unspecified atom stereocenters. The number of hydrogen-bond donors (Lipinski definition) is 1. The normalized spacial score (nSPS) is 10.6. The molecule has 0 radical (unpaired) electrons. The van der Waals surface area contributed by atoms with Gasteiger partial charge in [-0.3, -0.25) is 0 Å². The number of carbonyl (C=O) groups excluding carboxylic acids is 1. The van der Waals surface area contributed by atoms with Crippen LogP contribution in [0.4, 0.5) is 14.9 Å². The van der Waals surface area contributed by atoms with Crippen molar-refractivity contribution >= 4 is 50.3 Å². The SMILES string of the molecule is [C-]#[N+]c1cc(Cl)cc(Oc2c(Br)ccc(Cc3nn(C(=O)N(C)CC[NH3+])c4ncccc34)c2F)c1.[Cl-]. The van der Waals surface area contributed by atoms with Crippen molar-refractivity contribution in [3.63, 3.8) is 0 Å². The fourth-order valence-corrected chi connectivity index (χ4v) is 4.15. The first-order valence-electron chi connectivity index (χ1n) is 10.5. The Hall–Kier alpha value is -3.23. The molecule has 8 nitrogen and oxygen atoms in total. The van der Waals surface area contributed by atoms with Gasteiger partial charge in [0.05, 0.1) is 29.8 Å². The first kappa shape index (κ1) is 27.4. The Morgan fingerprint density at radius 1 is 1.33 bits per heavy atom. The molecule has 4 aromatic rings. The predicted molar refractivity (Wildman–Crippen MR) is 133 cm³/mol. The first-order chi connectivity index (χ1) is 16.8. The second-order valence-corrected chi connectivity index (χ2v) is 8.97. The number of likely N-dealkylation sites (N-methyl/N-ethyl adjacent to an activating group) is 1. The summed E-state index contributed by atoms with van der Waals surface area (Å²) in [6.07, 6.45) is 1.67. The molecule has 3 N–H and O–H groups in total. The predicted octanol–water partition coefficient (Wildman–Crippen LogP) is 2.07. The van der Waals surface area contributed by atoms with Crippen molar-refractivity contribution < 1.29 is 32.1 Å². The quantitative estimate of drug-likeness (QED) is 0.347. The molecule has 12 heteroatoms. The van der Waals surface area contributed by atoms with Gasteiger partial charge in [0.1, 0.15) is 5.75 Å². The van der Waals surface area contributed by atoms with Crippen LogP contribution in [0.15, 0.2) is 53.1 Å². The van der Waals surface area contributed by atoms with E-state index in [1.807, 2.05) is 0 Å². The van der Waals surface area contributed by atoms with Crippen LogP contribution in [0.2, 0.25) is 5.02 Å². The number of carbonyl (C=O) groups is 1. The number of aromatic nitrogens is 3. The number of rotatable bonds is 6. The molecule has 2 aromatic carbocycles. The summed E-state index contributed by atoms with van der Waals surface area (Å²) in [5.74, 6) is -0.414. The number of halogens is 4. The third-order valence-electron chi connectivity index (χ3n) is 5.21. The molecule has 4 rings (SSSR count). The summed E-state index contributed by atoms with van der Waals surface area (Å²) in [4.78, 5) is 22.1. The van der Waals surface area contributed by atoms with Crippen molar-refractivity contribution in [2.45, 2.75) is 6.42 Å². The van der Waals surface area contributed by atoms with E-state index in [1.165, 1.54) is 27.8 Å². The average molecular weight is 594 g/mol. The molecule has 0 aliphatic carbocycles. The highest BCUT2D eigenvalue weighted by Gasteiger charge is 2.22. The molecule has 0 aliphatic heterocycles. The lowest BCUT2D eigenvalue weighted by molar-refractivity contribution is -0.367. The van der Waals surface area contributed by atoms with Crippen molar-refractivity contribution in [1.29, 1.82) is 0 Å². The van der Waals surface area contributed by atoms with E-state index in [0.717, 1.165) is 0 Å². The molecule has 0 bridgehead atoms. The van der Waals surface area contributed by atoms with E-state index in [2.05, 4.69) is 36.6 Å². The van der Waals surface area contributed by atoms with Gasteiger partial charge in [0.2, 0.25) is 0 Å². The van der Waals surface area contributed by atoms with Gasteiger partial charge in [-0.15, -0.1) is 0 Å². The number of quaternary nitrogens is 1. The highest BCUT2D eigenvalue weighted by molar-refractivity contribution is 9.10. The number of nitrogens with zero attached hydrogens (tertiary/aromatic N) is 5. The molecular formula is C24H20BrCl2FN6O2. The Balaban J connectivity index is 0.00000361. The van der Waals surface area contributed by atoms with Crippen molar-refractivity contribution in [3.05, 3.63) is 86.6 Å². The maximum Gasteiger partial charge on any atom is 0.346 e. The van der Waals surface area contributed by atoms with E-state index in [-0.39, 0.29) is 42.0 Å². The standard InChI is InChI=1S/C24H19BrClFN6O2.ClH/c1-29-16-11-15(26)12-17(13-16)35-22-19(25)6-5-14(21(22)27)10-20-18-4-3-8-30-23(18)33(31-20)24(34)32(2)9-7-28;/h3-6,8,11-13H,7,9-10,28H2,2H3;1H. The van der Waals surface area contributed by atoms with Crippen LogP contribution >= 0.6 is 27.5 Å². The molecule has 0 atom stereocenters. The van der Waals surface area contributed by atoms with Gasteiger partial charge in [-0.1, -0.05) is 17.7 Å². The molecule has 1 amide bonds. The van der Waals surface area contributed by atoms with Crippen LogP contribution in [0.25, 0.3) is 15.9 Å². The Kier molecular flexibility index (Phi) is 8.87. The molecule has 36 heavy (non-hydrogen) atoms. The third-order valence-corrected chi connectivity index (χ3v) is 6.05. The van der Waals surface area contributed by atoms with Crippen molar-refractivity contribution in [3.8, 4) is 11.5 Å². The summed E-state index contributed by atoms with van der Waals surface area (Å²) in [6.45, 7) is 8.21. The van der Waals surface area contributed by atoms with Gasteiger partial charge in [0, 0.05) is 30.1 Å². The summed E-state index contributed by atoms with van der Waals surface area (Å²) in [6, 6.07) is 10.9. The van der Waals surface area contributed by atoms with E-state index in [9.17, 15) is 4.79 Å². The fourth-order valence-electron chi connectivity index (χ4n) is 3.54. The Morgan fingerprint density at radius 2 is 2.11 bits per heavy atom. The molecule has 2 heterocycles. The van der Waals surface area contributed by atoms with Crippen LogP contribution in [0.5, 0.6) is 11.5 Å². The lowest BCUT2D eigenvalue weighted by Crippen LogP contribution is -3.00. The van der Waals surface area contributed by atoms with Gasteiger partial charge in [0.25, 0.3) is 0 Å². The number of pyridine rings is 1. The van der Waals surface area contributed by atoms with Gasteiger partial charge >= 0.3 is 6.03 Å².